The topological polar surface area (TPSA) is 71.0 Å². The minimum Gasteiger partial charge on any atom is -0.504 e. The van der Waals surface area contributed by atoms with Crippen molar-refractivity contribution in [3.05, 3.63) is 76.6 Å². The molecule has 0 spiro atoms. The van der Waals surface area contributed by atoms with Crippen LogP contribution in [0.2, 0.25) is 0 Å². The fraction of sp³-hybridized carbons (Fsp3) is 0.258. The largest absolute Gasteiger partial charge is 0.504 e. The van der Waals surface area contributed by atoms with E-state index < -0.39 is 5.82 Å². The minimum absolute atomic E-state index is 0.00601. The number of carbonyl (C=O) groups is 1. The number of phenolic OH excluding ortho intramolecular Hbond substituents is 1. The van der Waals surface area contributed by atoms with Crippen LogP contribution in [-0.4, -0.2) is 42.2 Å². The number of allylic oxidation sites excluding steroid dienone is 1. The van der Waals surface area contributed by atoms with E-state index >= 15 is 0 Å². The first-order valence-corrected chi connectivity index (χ1v) is 12.5. The monoisotopic (exact) mass is 514 g/mol. The zero-order chi connectivity index (χ0) is 27.4. The summed E-state index contributed by atoms with van der Waals surface area (Å²) in [5.74, 6) is 0.563. The number of hydrogen-bond acceptors (Lipinski definition) is 5. The Kier molecular flexibility index (Phi) is 6.18. The van der Waals surface area contributed by atoms with Gasteiger partial charge in [0.25, 0.3) is 5.91 Å². The normalized spacial score (nSPS) is 15.9. The number of halogens is 1. The molecule has 38 heavy (non-hydrogen) atoms. The van der Waals surface area contributed by atoms with Crippen molar-refractivity contribution in [1.82, 2.24) is 4.90 Å². The fourth-order valence-corrected chi connectivity index (χ4v) is 5.28. The third-order valence-electron chi connectivity index (χ3n) is 7.03. The molecule has 196 valence electrons. The minimum atomic E-state index is -0.488. The first kappa shape index (κ1) is 25.4. The number of ether oxygens (including phenoxy) is 2. The Balaban J connectivity index is 1.81. The summed E-state index contributed by atoms with van der Waals surface area (Å²) in [7, 11) is 3.19. The van der Waals surface area contributed by atoms with Gasteiger partial charge >= 0.3 is 0 Å². The fourth-order valence-electron chi connectivity index (χ4n) is 5.28. The van der Waals surface area contributed by atoms with Crippen LogP contribution >= 0.6 is 0 Å². The number of nitrogens with zero attached hydrogens (tertiary/aromatic N) is 1. The van der Waals surface area contributed by atoms with E-state index in [0.717, 1.165) is 28.0 Å². The second kappa shape index (κ2) is 9.24. The van der Waals surface area contributed by atoms with Gasteiger partial charge in [-0.05, 0) is 75.2 Å². The number of benzene rings is 3. The number of anilines is 1. The maximum Gasteiger partial charge on any atom is 0.254 e. The van der Waals surface area contributed by atoms with E-state index in [1.807, 2.05) is 19.1 Å². The highest BCUT2D eigenvalue weighted by atomic mass is 19.1. The quantitative estimate of drug-likeness (QED) is 0.401. The lowest BCUT2D eigenvalue weighted by Gasteiger charge is -2.35. The highest BCUT2D eigenvalue weighted by molar-refractivity contribution is 6.04. The zero-order valence-electron chi connectivity index (χ0n) is 22.4. The van der Waals surface area contributed by atoms with Crippen LogP contribution in [0, 0.1) is 5.82 Å². The molecular weight excluding hydrogens is 483 g/mol. The van der Waals surface area contributed by atoms with E-state index in [1.165, 1.54) is 30.2 Å². The molecule has 0 unspecified atom stereocenters. The van der Waals surface area contributed by atoms with Crippen LogP contribution in [0.1, 0.15) is 54.7 Å². The second-order valence-electron chi connectivity index (χ2n) is 10.2. The molecule has 2 heterocycles. The number of hydrogen-bond donors (Lipinski definition) is 2. The Labute approximate surface area is 222 Å². The Bertz CT molecular complexity index is 1540. The molecule has 2 aliphatic rings. The molecule has 0 radical (unpaired) electrons. The van der Waals surface area contributed by atoms with E-state index in [9.17, 15) is 14.3 Å². The molecule has 7 heteroatoms. The molecule has 0 bridgehead atoms. The molecule has 0 aliphatic carbocycles. The van der Waals surface area contributed by atoms with Gasteiger partial charge in [-0.1, -0.05) is 18.2 Å². The van der Waals surface area contributed by atoms with Crippen molar-refractivity contribution in [2.24, 2.45) is 0 Å². The van der Waals surface area contributed by atoms with Crippen molar-refractivity contribution in [2.45, 2.75) is 33.2 Å². The molecule has 0 saturated carbocycles. The summed E-state index contributed by atoms with van der Waals surface area (Å²) >= 11 is 0. The van der Waals surface area contributed by atoms with Crippen molar-refractivity contribution in [2.75, 3.05) is 26.0 Å². The van der Waals surface area contributed by atoms with E-state index in [2.05, 4.69) is 32.2 Å². The van der Waals surface area contributed by atoms with Crippen LogP contribution in [0.15, 0.2) is 48.5 Å². The van der Waals surface area contributed by atoms with Gasteiger partial charge in [-0.2, -0.15) is 0 Å². The standard InChI is InChI=1S/C31H31FN2O4/c1-7-34(5)30(36)21-15-19(32)9-8-18(21)14-25-27-20(28-24(38-25)13-12-23(35)29(28)37-6)10-11-22-26(27)17(2)16-31(3,4)33-22/h8-16,33,35H,7H2,1-6H3/b25-14-. The molecule has 6 nitrogen and oxygen atoms in total. The Hall–Kier alpha value is -4.26. The molecule has 0 atom stereocenters. The number of rotatable bonds is 4. The number of amides is 1. The lowest BCUT2D eigenvalue weighted by molar-refractivity contribution is 0.0801. The van der Waals surface area contributed by atoms with Crippen molar-refractivity contribution in [3.63, 3.8) is 0 Å². The first-order chi connectivity index (χ1) is 18.0. The van der Waals surface area contributed by atoms with E-state index in [4.69, 9.17) is 9.47 Å². The van der Waals surface area contributed by atoms with Crippen molar-refractivity contribution >= 4 is 29.0 Å². The molecule has 5 rings (SSSR count). The summed E-state index contributed by atoms with van der Waals surface area (Å²) in [5.41, 5.74) is 5.73. The number of fused-ring (bicyclic) bond motifs is 5. The Morgan fingerprint density at radius 3 is 2.63 bits per heavy atom. The summed E-state index contributed by atoms with van der Waals surface area (Å²) in [6.45, 7) is 8.61. The number of methoxy groups -OCH3 is 1. The summed E-state index contributed by atoms with van der Waals surface area (Å²) in [5, 5.41) is 14.1. The Morgan fingerprint density at radius 2 is 1.92 bits per heavy atom. The van der Waals surface area contributed by atoms with Crippen LogP contribution in [0.4, 0.5) is 10.1 Å². The summed E-state index contributed by atoms with van der Waals surface area (Å²) in [6.07, 6.45) is 3.94. The van der Waals surface area contributed by atoms with Gasteiger partial charge < -0.3 is 24.8 Å². The van der Waals surface area contributed by atoms with Gasteiger partial charge in [0.1, 0.15) is 17.3 Å². The van der Waals surface area contributed by atoms with Gasteiger partial charge in [0.2, 0.25) is 0 Å². The molecule has 2 N–H and O–H groups in total. The van der Waals surface area contributed by atoms with E-state index in [-0.39, 0.29) is 22.8 Å². The molecule has 3 aromatic rings. The van der Waals surface area contributed by atoms with Gasteiger partial charge in [0.05, 0.1) is 18.2 Å². The third kappa shape index (κ3) is 4.18. The highest BCUT2D eigenvalue weighted by Crippen LogP contribution is 2.54. The van der Waals surface area contributed by atoms with Crippen molar-refractivity contribution in [1.29, 1.82) is 0 Å². The predicted octanol–water partition coefficient (Wildman–Crippen LogP) is 6.80. The zero-order valence-corrected chi connectivity index (χ0v) is 22.4. The summed E-state index contributed by atoms with van der Waals surface area (Å²) < 4.78 is 26.3. The van der Waals surface area contributed by atoms with Gasteiger partial charge in [-0.25, -0.2) is 4.39 Å². The van der Waals surface area contributed by atoms with Gasteiger partial charge in [-0.3, -0.25) is 4.79 Å². The SMILES string of the molecule is CCN(C)C(=O)c1cc(F)ccc1/C=C1\Oc2ccc(O)c(OC)c2-c2ccc3c(c21)C(C)=CC(C)(C)N3. The van der Waals surface area contributed by atoms with Gasteiger partial charge in [-0.15, -0.1) is 0 Å². The van der Waals surface area contributed by atoms with E-state index in [1.54, 1.807) is 25.3 Å². The van der Waals surface area contributed by atoms with Crippen LogP contribution in [0.25, 0.3) is 28.5 Å². The van der Waals surface area contributed by atoms with Gasteiger partial charge in [0.15, 0.2) is 11.5 Å². The Morgan fingerprint density at radius 1 is 1.16 bits per heavy atom. The molecule has 1 amide bonds. The lowest BCUT2D eigenvalue weighted by atomic mass is 9.82. The molecule has 0 fully saturated rings. The average molecular weight is 515 g/mol. The van der Waals surface area contributed by atoms with Crippen LogP contribution in [0.5, 0.6) is 17.2 Å². The number of aromatic hydroxyl groups is 1. The van der Waals surface area contributed by atoms with Crippen LogP contribution < -0.4 is 14.8 Å². The highest BCUT2D eigenvalue weighted by Gasteiger charge is 2.33. The molecule has 2 aliphatic heterocycles. The second-order valence-corrected chi connectivity index (χ2v) is 10.2. The third-order valence-corrected chi connectivity index (χ3v) is 7.03. The lowest BCUT2D eigenvalue weighted by Crippen LogP contribution is -2.32. The van der Waals surface area contributed by atoms with E-state index in [0.29, 0.717) is 34.9 Å². The molecule has 3 aromatic carbocycles. The van der Waals surface area contributed by atoms with Crippen LogP contribution in [0.3, 0.4) is 0 Å². The first-order valence-electron chi connectivity index (χ1n) is 12.5. The predicted molar refractivity (Wildman–Crippen MR) is 149 cm³/mol. The summed E-state index contributed by atoms with van der Waals surface area (Å²) in [6, 6.07) is 11.4. The molecule has 0 aromatic heterocycles. The molecule has 0 saturated heterocycles. The van der Waals surface area contributed by atoms with Gasteiger partial charge in [0, 0.05) is 41.5 Å². The number of phenols is 1. The molecular formula is C31H31FN2O4. The maximum absolute atomic E-state index is 14.3. The van der Waals surface area contributed by atoms with Crippen molar-refractivity contribution < 1.29 is 23.8 Å². The average Bonchev–Trinajstić information content (AvgIpc) is 2.87. The van der Waals surface area contributed by atoms with Crippen LogP contribution in [-0.2, 0) is 0 Å². The smallest absolute Gasteiger partial charge is 0.254 e. The number of carbonyl (C=O) groups excluding carboxylic acids is 1. The maximum atomic E-state index is 14.3. The summed E-state index contributed by atoms with van der Waals surface area (Å²) in [4.78, 5) is 14.7. The number of nitrogens with one attached hydrogen (secondary N) is 1. The van der Waals surface area contributed by atoms with Crippen molar-refractivity contribution in [3.8, 4) is 28.4 Å².